The van der Waals surface area contributed by atoms with Gasteiger partial charge in [0.1, 0.15) is 0 Å². The summed E-state index contributed by atoms with van der Waals surface area (Å²) in [4.78, 5) is 14.9. The third kappa shape index (κ3) is 2.87. The van der Waals surface area contributed by atoms with Crippen molar-refractivity contribution in [1.29, 1.82) is 5.41 Å². The molecule has 0 bridgehead atoms. The molecule has 0 aliphatic heterocycles. The van der Waals surface area contributed by atoms with Gasteiger partial charge in [0.25, 0.3) is 6.43 Å². The molecule has 0 saturated carbocycles. The molecule has 0 spiro atoms. The van der Waals surface area contributed by atoms with Crippen molar-refractivity contribution in [1.82, 2.24) is 4.98 Å². The van der Waals surface area contributed by atoms with Crippen LogP contribution in [0.1, 0.15) is 12.0 Å². The number of rotatable bonds is 5. The Hall–Kier alpha value is -2.41. The van der Waals surface area contributed by atoms with Crippen LogP contribution in [0.4, 0.5) is 8.78 Å². The van der Waals surface area contributed by atoms with Gasteiger partial charge >= 0.3 is 5.97 Å². The van der Waals surface area contributed by atoms with Gasteiger partial charge in [0, 0.05) is 23.7 Å². The number of nitrogens with one attached hydrogen (secondary N) is 1. The summed E-state index contributed by atoms with van der Waals surface area (Å²) in [6, 6.07) is 8.03. The highest BCUT2D eigenvalue weighted by molar-refractivity contribution is 6.03. The van der Waals surface area contributed by atoms with Gasteiger partial charge in [0.05, 0.1) is 5.52 Å². The normalized spacial score (nSPS) is 14.1. The van der Waals surface area contributed by atoms with Crippen LogP contribution in [0.3, 0.4) is 0 Å². The molecule has 7 heteroatoms. The maximum atomic E-state index is 12.7. The number of aliphatic hydroxyl groups is 1. The van der Waals surface area contributed by atoms with Crippen molar-refractivity contribution in [2.45, 2.75) is 18.4 Å². The summed E-state index contributed by atoms with van der Waals surface area (Å²) < 4.78 is 25.5. The van der Waals surface area contributed by atoms with Crippen molar-refractivity contribution in [2.75, 3.05) is 0 Å². The van der Waals surface area contributed by atoms with Crippen molar-refractivity contribution >= 4 is 22.6 Å². The first-order valence-corrected chi connectivity index (χ1v) is 6.01. The number of aromatic nitrogens is 1. The number of nitrogens with zero attached hydrogens (tertiary/aromatic N) is 1. The molecule has 110 valence electrons. The topological polar surface area (TPSA) is 94.3 Å². The van der Waals surface area contributed by atoms with E-state index in [1.54, 1.807) is 30.5 Å². The molecule has 0 aliphatic rings. The zero-order chi connectivity index (χ0) is 15.6. The van der Waals surface area contributed by atoms with Gasteiger partial charge in [-0.3, -0.25) is 4.98 Å². The smallest absolute Gasteiger partial charge is 0.342 e. The predicted octanol–water partition coefficient (Wildman–Crippen LogP) is 2.07. The van der Waals surface area contributed by atoms with Gasteiger partial charge in [0.15, 0.2) is 0 Å². The Kier molecular flexibility index (Phi) is 3.95. The molecule has 1 aromatic heterocycles. The highest BCUT2D eigenvalue weighted by atomic mass is 19.3. The second kappa shape index (κ2) is 5.53. The van der Waals surface area contributed by atoms with Crippen LogP contribution in [0.15, 0.2) is 36.5 Å². The van der Waals surface area contributed by atoms with Gasteiger partial charge in [-0.25, -0.2) is 13.6 Å². The van der Waals surface area contributed by atoms with E-state index in [9.17, 15) is 18.7 Å². The zero-order valence-corrected chi connectivity index (χ0v) is 10.8. The molecule has 5 nitrogen and oxygen atoms in total. The maximum Gasteiger partial charge on any atom is 0.342 e. The molecule has 1 atom stereocenters. The Bertz CT molecular complexity index is 705. The van der Waals surface area contributed by atoms with E-state index in [1.165, 1.54) is 6.07 Å². The number of carboxylic acid groups (broad SMARTS) is 1. The quantitative estimate of drug-likeness (QED) is 0.736. The van der Waals surface area contributed by atoms with Crippen LogP contribution < -0.4 is 0 Å². The van der Waals surface area contributed by atoms with E-state index in [0.717, 1.165) is 0 Å². The number of pyridine rings is 1. The van der Waals surface area contributed by atoms with Crippen LogP contribution in [-0.4, -0.2) is 38.9 Å². The number of fused-ring (bicyclic) bond motifs is 1. The Labute approximate surface area is 118 Å². The molecule has 3 N–H and O–H groups in total. The van der Waals surface area contributed by atoms with E-state index in [2.05, 4.69) is 4.98 Å². The first-order valence-electron chi connectivity index (χ1n) is 6.01. The lowest BCUT2D eigenvalue weighted by Gasteiger charge is -2.22. The number of alkyl halides is 2. The maximum absolute atomic E-state index is 12.7. The van der Waals surface area contributed by atoms with E-state index >= 15 is 0 Å². The van der Waals surface area contributed by atoms with Gasteiger partial charge in [0.2, 0.25) is 5.60 Å². The monoisotopic (exact) mass is 294 g/mol. The largest absolute Gasteiger partial charge is 0.479 e. The molecule has 2 rings (SSSR count). The van der Waals surface area contributed by atoms with Crippen LogP contribution in [0.25, 0.3) is 10.9 Å². The first-order chi connectivity index (χ1) is 9.84. The molecule has 0 radical (unpaired) electrons. The summed E-state index contributed by atoms with van der Waals surface area (Å²) in [5, 5.41) is 26.7. The van der Waals surface area contributed by atoms with Gasteiger partial charge in [-0.15, -0.1) is 0 Å². The molecule has 1 aromatic carbocycles. The summed E-state index contributed by atoms with van der Waals surface area (Å²) in [5.74, 6) is -2.05. The Balaban J connectivity index is 2.32. The third-order valence-electron chi connectivity index (χ3n) is 3.13. The lowest BCUT2D eigenvalue weighted by Crippen LogP contribution is -2.47. The SMILES string of the molecule is N=C(CC(O)(C(=O)O)C(F)F)c1ccc2ncccc2c1. The average molecular weight is 294 g/mol. The second-order valence-electron chi connectivity index (χ2n) is 4.60. The lowest BCUT2D eigenvalue weighted by molar-refractivity contribution is -0.174. The van der Waals surface area contributed by atoms with Gasteiger partial charge in [-0.05, 0) is 23.8 Å². The molecular formula is C14H12F2N2O3. The van der Waals surface area contributed by atoms with Gasteiger partial charge < -0.3 is 15.6 Å². The van der Waals surface area contributed by atoms with E-state index in [0.29, 0.717) is 10.9 Å². The minimum absolute atomic E-state index is 0.260. The molecule has 21 heavy (non-hydrogen) atoms. The summed E-state index contributed by atoms with van der Waals surface area (Å²) in [5.41, 5.74) is -2.72. The van der Waals surface area contributed by atoms with E-state index in [1.807, 2.05) is 0 Å². The Morgan fingerprint density at radius 3 is 2.71 bits per heavy atom. The number of halogens is 2. The number of hydrogen-bond acceptors (Lipinski definition) is 4. The van der Waals surface area contributed by atoms with Gasteiger partial charge in [-0.1, -0.05) is 12.1 Å². The van der Waals surface area contributed by atoms with Gasteiger partial charge in [-0.2, -0.15) is 0 Å². The number of benzene rings is 1. The number of hydrogen-bond donors (Lipinski definition) is 3. The van der Waals surface area contributed by atoms with Crippen LogP contribution in [0.5, 0.6) is 0 Å². The van der Waals surface area contributed by atoms with Crippen LogP contribution in [0.2, 0.25) is 0 Å². The van der Waals surface area contributed by atoms with E-state index in [4.69, 9.17) is 10.5 Å². The molecule has 2 aromatic rings. The first kappa shape index (κ1) is 15.0. The molecule has 0 aliphatic carbocycles. The number of aliphatic carboxylic acids is 1. The fourth-order valence-electron chi connectivity index (χ4n) is 1.88. The molecule has 0 saturated heterocycles. The molecular weight excluding hydrogens is 282 g/mol. The molecule has 0 fully saturated rings. The minimum atomic E-state index is -3.49. The lowest BCUT2D eigenvalue weighted by atomic mass is 9.93. The predicted molar refractivity (Wildman–Crippen MR) is 71.8 cm³/mol. The summed E-state index contributed by atoms with van der Waals surface area (Å²) >= 11 is 0. The van der Waals surface area contributed by atoms with Crippen LogP contribution in [-0.2, 0) is 4.79 Å². The highest BCUT2D eigenvalue weighted by Gasteiger charge is 2.46. The fraction of sp³-hybridized carbons (Fsp3) is 0.214. The van der Waals surface area contributed by atoms with Crippen molar-refractivity contribution in [3.05, 3.63) is 42.1 Å². The minimum Gasteiger partial charge on any atom is -0.479 e. The number of carbonyl (C=O) groups is 1. The van der Waals surface area contributed by atoms with E-state index in [-0.39, 0.29) is 11.3 Å². The van der Waals surface area contributed by atoms with Crippen LogP contribution >= 0.6 is 0 Å². The molecule has 0 amide bonds. The van der Waals surface area contributed by atoms with Crippen molar-refractivity contribution in [3.63, 3.8) is 0 Å². The van der Waals surface area contributed by atoms with Crippen molar-refractivity contribution in [2.24, 2.45) is 0 Å². The standard InChI is InChI=1S/C14H12F2N2O3/c15-12(16)14(21,13(19)20)7-10(17)8-3-4-11-9(6-8)2-1-5-18-11/h1-6,12,17,21H,7H2,(H,19,20). The van der Waals surface area contributed by atoms with Crippen LogP contribution in [0, 0.1) is 5.41 Å². The zero-order valence-electron chi connectivity index (χ0n) is 10.8. The van der Waals surface area contributed by atoms with Crippen molar-refractivity contribution in [3.8, 4) is 0 Å². The second-order valence-corrected chi connectivity index (χ2v) is 4.60. The Morgan fingerprint density at radius 1 is 1.38 bits per heavy atom. The summed E-state index contributed by atoms with van der Waals surface area (Å²) in [6.45, 7) is 0. The third-order valence-corrected chi connectivity index (χ3v) is 3.13. The Morgan fingerprint density at radius 2 is 2.10 bits per heavy atom. The average Bonchev–Trinajstić information content (AvgIpc) is 2.46. The van der Waals surface area contributed by atoms with E-state index < -0.39 is 24.4 Å². The summed E-state index contributed by atoms with van der Waals surface area (Å²) in [6.07, 6.45) is -2.88. The summed E-state index contributed by atoms with van der Waals surface area (Å²) in [7, 11) is 0. The number of carboxylic acids is 1. The molecule has 1 unspecified atom stereocenters. The fourth-order valence-corrected chi connectivity index (χ4v) is 1.88. The van der Waals surface area contributed by atoms with Crippen molar-refractivity contribution < 1.29 is 23.8 Å². The molecule has 1 heterocycles. The highest BCUT2D eigenvalue weighted by Crippen LogP contribution is 2.24.